The molecule has 2 aliphatic rings. The topological polar surface area (TPSA) is 98.0 Å². The van der Waals surface area contributed by atoms with E-state index in [4.69, 9.17) is 15.2 Å². The minimum atomic E-state index is -0.832. The van der Waals surface area contributed by atoms with E-state index in [1.807, 2.05) is 30.3 Å². The molecule has 2 N–H and O–H groups in total. The Morgan fingerprint density at radius 2 is 1.89 bits per heavy atom. The molecule has 1 aromatic heterocycles. The van der Waals surface area contributed by atoms with Crippen LogP contribution in [-0.2, 0) is 14.3 Å². The van der Waals surface area contributed by atoms with Crippen LogP contribution in [0.2, 0.25) is 0 Å². The molecule has 1 saturated heterocycles. The van der Waals surface area contributed by atoms with Crippen molar-refractivity contribution in [2.75, 3.05) is 43.5 Å². The van der Waals surface area contributed by atoms with Gasteiger partial charge in [-0.3, -0.25) is 14.5 Å². The number of morpholine rings is 1. The second-order valence-corrected chi connectivity index (χ2v) is 6.38. The summed E-state index contributed by atoms with van der Waals surface area (Å²) in [7, 11) is 0. The average Bonchev–Trinajstić information content (AvgIpc) is 2.71. The lowest BCUT2D eigenvalue weighted by Gasteiger charge is -2.35. The first-order valence-corrected chi connectivity index (χ1v) is 8.78. The monoisotopic (exact) mass is 368 g/mol. The second kappa shape index (κ2) is 7.24. The van der Waals surface area contributed by atoms with Gasteiger partial charge in [0, 0.05) is 18.7 Å². The van der Waals surface area contributed by atoms with E-state index in [1.165, 1.54) is 4.90 Å². The zero-order valence-corrected chi connectivity index (χ0v) is 14.7. The van der Waals surface area contributed by atoms with Crippen LogP contribution in [0.4, 0.5) is 11.6 Å². The van der Waals surface area contributed by atoms with E-state index in [-0.39, 0.29) is 30.0 Å². The van der Waals surface area contributed by atoms with Crippen molar-refractivity contribution in [3.63, 3.8) is 0 Å². The lowest BCUT2D eigenvalue weighted by molar-refractivity contribution is -0.136. The van der Waals surface area contributed by atoms with Gasteiger partial charge < -0.3 is 20.1 Å². The molecule has 0 bridgehead atoms. The second-order valence-electron chi connectivity index (χ2n) is 6.38. The highest BCUT2D eigenvalue weighted by Gasteiger charge is 2.38. The average molecular weight is 368 g/mol. The molecule has 1 atom stereocenters. The number of carbonyl (C=O) groups is 2. The van der Waals surface area contributed by atoms with Gasteiger partial charge in [0.25, 0.3) is 5.91 Å². The van der Waals surface area contributed by atoms with Crippen molar-refractivity contribution in [2.45, 2.75) is 6.10 Å². The van der Waals surface area contributed by atoms with E-state index in [2.05, 4.69) is 4.98 Å². The Balaban J connectivity index is 1.66. The number of fused-ring (bicyclic) bond motifs is 1. The lowest BCUT2D eigenvalue weighted by atomic mass is 10.1. The van der Waals surface area contributed by atoms with Crippen LogP contribution < -0.4 is 15.4 Å². The van der Waals surface area contributed by atoms with Crippen LogP contribution in [-0.4, -0.2) is 54.5 Å². The van der Waals surface area contributed by atoms with Gasteiger partial charge in [-0.2, -0.15) is 0 Å². The molecule has 1 unspecified atom stereocenters. The highest BCUT2D eigenvalue weighted by Crippen LogP contribution is 2.38. The number of anilines is 2. The molecule has 140 valence electrons. The number of nitrogen functional groups attached to an aromatic ring is 1. The number of ether oxygens (including phenoxy) is 2. The molecule has 27 heavy (non-hydrogen) atoms. The quantitative estimate of drug-likeness (QED) is 0.868. The molecule has 1 aromatic carbocycles. The third-order valence-electron chi connectivity index (χ3n) is 4.61. The Kier molecular flexibility index (Phi) is 4.64. The zero-order chi connectivity index (χ0) is 18.8. The predicted octanol–water partition coefficient (Wildman–Crippen LogP) is 0.989. The number of aromatic nitrogens is 1. The molecular formula is C19H20N4O4. The number of benzene rings is 1. The summed E-state index contributed by atoms with van der Waals surface area (Å²) in [6.07, 6.45) is -0.832. The highest BCUT2D eigenvalue weighted by atomic mass is 16.5. The Bertz CT molecular complexity index is 852. The van der Waals surface area contributed by atoms with Crippen LogP contribution in [0.15, 0.2) is 42.5 Å². The van der Waals surface area contributed by atoms with Gasteiger partial charge in [0.1, 0.15) is 12.4 Å². The van der Waals surface area contributed by atoms with E-state index >= 15 is 0 Å². The number of amides is 2. The van der Waals surface area contributed by atoms with Crippen molar-refractivity contribution in [1.29, 1.82) is 0 Å². The summed E-state index contributed by atoms with van der Waals surface area (Å²) in [6.45, 7) is 1.90. The van der Waals surface area contributed by atoms with Crippen LogP contribution in [0.1, 0.15) is 11.7 Å². The van der Waals surface area contributed by atoms with Gasteiger partial charge in [0.15, 0.2) is 11.6 Å². The van der Waals surface area contributed by atoms with Gasteiger partial charge in [-0.25, -0.2) is 4.98 Å². The zero-order valence-electron chi connectivity index (χ0n) is 14.7. The van der Waals surface area contributed by atoms with Crippen LogP contribution in [0.3, 0.4) is 0 Å². The van der Waals surface area contributed by atoms with Gasteiger partial charge in [-0.15, -0.1) is 0 Å². The summed E-state index contributed by atoms with van der Waals surface area (Å²) in [4.78, 5) is 33.2. The molecule has 8 heteroatoms. The number of carbonyl (C=O) groups excluding carboxylic acids is 2. The third-order valence-corrected chi connectivity index (χ3v) is 4.61. The van der Waals surface area contributed by atoms with Gasteiger partial charge >= 0.3 is 0 Å². The molecule has 0 saturated carbocycles. The number of rotatable bonds is 3. The molecule has 2 aromatic rings. The minimum Gasteiger partial charge on any atom is -0.472 e. The molecule has 8 nitrogen and oxygen atoms in total. The Morgan fingerprint density at radius 3 is 2.63 bits per heavy atom. The molecule has 3 heterocycles. The fourth-order valence-electron chi connectivity index (χ4n) is 3.20. The van der Waals surface area contributed by atoms with Gasteiger partial charge in [0.05, 0.1) is 13.2 Å². The maximum Gasteiger partial charge on any atom is 0.274 e. The van der Waals surface area contributed by atoms with E-state index < -0.39 is 6.10 Å². The molecular weight excluding hydrogens is 348 g/mol. The van der Waals surface area contributed by atoms with Gasteiger partial charge in [-0.1, -0.05) is 30.3 Å². The number of nitrogens with zero attached hydrogens (tertiary/aromatic N) is 3. The Hall–Kier alpha value is -3.13. The fourth-order valence-corrected chi connectivity index (χ4v) is 3.20. The standard InChI is InChI=1S/C19H20N4O4/c20-15-7-6-14-18(21-15)23(12-16(24)22-8-10-26-11-9-22)19(25)17(27-14)13-4-2-1-3-5-13/h1-7,17H,8-12H2,(H2,20,21). The number of nitrogens with two attached hydrogens (primary N) is 1. The van der Waals surface area contributed by atoms with Crippen LogP contribution >= 0.6 is 0 Å². The maximum absolute atomic E-state index is 13.1. The molecule has 1 fully saturated rings. The number of hydrogen-bond acceptors (Lipinski definition) is 6. The van der Waals surface area contributed by atoms with Crippen molar-refractivity contribution >= 4 is 23.5 Å². The highest BCUT2D eigenvalue weighted by molar-refractivity contribution is 6.03. The summed E-state index contributed by atoms with van der Waals surface area (Å²) in [5.41, 5.74) is 6.51. The molecule has 2 amide bonds. The van der Waals surface area contributed by atoms with Gasteiger partial charge in [0.2, 0.25) is 12.0 Å². The fraction of sp³-hybridized carbons (Fsp3) is 0.316. The molecule has 4 rings (SSSR count). The maximum atomic E-state index is 13.1. The summed E-state index contributed by atoms with van der Waals surface area (Å²) in [5.74, 6) is 0.456. The number of pyridine rings is 1. The predicted molar refractivity (Wildman–Crippen MR) is 98.2 cm³/mol. The first-order chi connectivity index (χ1) is 13.1. The van der Waals surface area contributed by atoms with Crippen molar-refractivity contribution in [1.82, 2.24) is 9.88 Å². The Morgan fingerprint density at radius 1 is 1.15 bits per heavy atom. The summed E-state index contributed by atoms with van der Waals surface area (Å²) in [5, 5.41) is 0. The van der Waals surface area contributed by atoms with Crippen LogP contribution in [0.25, 0.3) is 0 Å². The van der Waals surface area contributed by atoms with Crippen molar-refractivity contribution in [2.24, 2.45) is 0 Å². The molecule has 2 aliphatic heterocycles. The van der Waals surface area contributed by atoms with Crippen LogP contribution in [0.5, 0.6) is 5.75 Å². The SMILES string of the molecule is Nc1ccc2c(n1)N(CC(=O)N1CCOCC1)C(=O)C(c1ccccc1)O2. The molecule has 0 spiro atoms. The van der Waals surface area contributed by atoms with Crippen LogP contribution in [0, 0.1) is 0 Å². The van der Waals surface area contributed by atoms with Crippen molar-refractivity contribution in [3.8, 4) is 5.75 Å². The minimum absolute atomic E-state index is 0.116. The summed E-state index contributed by atoms with van der Waals surface area (Å²) < 4.78 is 11.2. The van der Waals surface area contributed by atoms with E-state index in [1.54, 1.807) is 17.0 Å². The molecule has 0 radical (unpaired) electrons. The third kappa shape index (κ3) is 3.43. The lowest BCUT2D eigenvalue weighted by Crippen LogP contribution is -2.50. The van der Waals surface area contributed by atoms with E-state index in [9.17, 15) is 9.59 Å². The summed E-state index contributed by atoms with van der Waals surface area (Å²) >= 11 is 0. The largest absolute Gasteiger partial charge is 0.472 e. The first kappa shape index (κ1) is 17.3. The first-order valence-electron chi connectivity index (χ1n) is 8.78. The van der Waals surface area contributed by atoms with E-state index in [0.29, 0.717) is 37.6 Å². The van der Waals surface area contributed by atoms with Gasteiger partial charge in [-0.05, 0) is 12.1 Å². The smallest absolute Gasteiger partial charge is 0.274 e. The Labute approximate surface area is 156 Å². The molecule has 0 aliphatic carbocycles. The summed E-state index contributed by atoms with van der Waals surface area (Å²) in [6, 6.07) is 12.5. The number of hydrogen-bond donors (Lipinski definition) is 1. The normalized spacial score (nSPS) is 19.4. The van der Waals surface area contributed by atoms with E-state index in [0.717, 1.165) is 0 Å². The van der Waals surface area contributed by atoms with Crippen molar-refractivity contribution < 1.29 is 19.1 Å². The van der Waals surface area contributed by atoms with Crippen molar-refractivity contribution in [3.05, 3.63) is 48.0 Å².